The highest BCUT2D eigenvalue weighted by Crippen LogP contribution is 2.04. The first kappa shape index (κ1) is 21.5. The molecule has 0 unspecified atom stereocenters. The normalized spacial score (nSPS) is 15.1. The number of rotatable bonds is 5. The number of esters is 1. The second-order valence-electron chi connectivity index (χ2n) is 6.46. The fraction of sp³-hybridized carbons (Fsp3) is 0.333. The Labute approximate surface area is 176 Å². The number of aromatic nitrogens is 1. The van der Waals surface area contributed by atoms with Crippen LogP contribution in [0.2, 0.25) is 0 Å². The highest BCUT2D eigenvalue weighted by atomic mass is 32.1. The van der Waals surface area contributed by atoms with Crippen LogP contribution in [0.4, 0.5) is 0 Å². The molecule has 156 valence electrons. The highest BCUT2D eigenvalue weighted by Gasteiger charge is 2.19. The molecule has 1 aromatic heterocycles. The van der Waals surface area contributed by atoms with Gasteiger partial charge in [0.2, 0.25) is 5.91 Å². The lowest BCUT2D eigenvalue weighted by Crippen LogP contribution is -2.45. The van der Waals surface area contributed by atoms with Crippen LogP contribution >= 0.6 is 11.3 Å². The van der Waals surface area contributed by atoms with Crippen LogP contribution in [0, 0.1) is 11.3 Å². The van der Waals surface area contributed by atoms with Crippen LogP contribution in [-0.2, 0) is 25.6 Å². The maximum Gasteiger partial charge on any atom is 0.333 e. The van der Waals surface area contributed by atoms with Gasteiger partial charge in [-0.2, -0.15) is 5.26 Å². The number of nitrogens with zero attached hydrogens (tertiary/aromatic N) is 3. The van der Waals surface area contributed by atoms with Gasteiger partial charge in [-0.1, -0.05) is 12.1 Å². The van der Waals surface area contributed by atoms with E-state index < -0.39 is 5.97 Å². The Morgan fingerprint density at radius 1 is 1.27 bits per heavy atom. The zero-order chi connectivity index (χ0) is 21.5. The fourth-order valence-corrected chi connectivity index (χ4v) is 3.96. The number of morpholine rings is 1. The van der Waals surface area contributed by atoms with Gasteiger partial charge in [0.25, 0.3) is 5.56 Å². The molecule has 1 amide bonds. The number of ether oxygens (including phenoxy) is 2. The van der Waals surface area contributed by atoms with E-state index in [1.165, 1.54) is 10.6 Å². The third-order valence-electron chi connectivity index (χ3n) is 4.46. The zero-order valence-electron chi connectivity index (χ0n) is 16.5. The number of thiazole rings is 1. The molecule has 2 heterocycles. The first-order valence-corrected chi connectivity index (χ1v) is 10.3. The number of hydrogen-bond donors (Lipinski definition) is 0. The van der Waals surface area contributed by atoms with E-state index in [0.717, 1.165) is 16.9 Å². The molecule has 2 aromatic rings. The summed E-state index contributed by atoms with van der Waals surface area (Å²) in [7, 11) is 0. The lowest BCUT2D eigenvalue weighted by atomic mass is 10.1. The molecule has 0 saturated carbocycles. The van der Waals surface area contributed by atoms with E-state index in [1.807, 2.05) is 6.07 Å². The molecule has 1 saturated heterocycles. The minimum Gasteiger partial charge on any atom is -0.463 e. The summed E-state index contributed by atoms with van der Waals surface area (Å²) in [4.78, 5) is 39.3. The Bertz CT molecular complexity index is 1140. The number of carbonyl (C=O) groups excluding carboxylic acids is 2. The SMILES string of the molecule is CCOC(=O)C=c1sc(=Cc2ccc(C#N)cc2)c(=O)n1CC(=O)N1CCOCC1. The van der Waals surface area contributed by atoms with E-state index in [2.05, 4.69) is 0 Å². The molecule has 0 atom stereocenters. The second kappa shape index (κ2) is 10.0. The summed E-state index contributed by atoms with van der Waals surface area (Å²) in [6, 6.07) is 8.82. The molecular formula is C21H21N3O5S. The van der Waals surface area contributed by atoms with Gasteiger partial charge >= 0.3 is 5.97 Å². The molecule has 0 aliphatic carbocycles. The summed E-state index contributed by atoms with van der Waals surface area (Å²) in [6.07, 6.45) is 2.91. The predicted molar refractivity (Wildman–Crippen MR) is 111 cm³/mol. The molecular weight excluding hydrogens is 406 g/mol. The quantitative estimate of drug-likeness (QED) is 0.613. The lowest BCUT2D eigenvalue weighted by Gasteiger charge is -2.26. The summed E-state index contributed by atoms with van der Waals surface area (Å²) in [5.41, 5.74) is 0.895. The Hall–Kier alpha value is -3.22. The van der Waals surface area contributed by atoms with Crippen LogP contribution in [0.5, 0.6) is 0 Å². The number of hydrogen-bond acceptors (Lipinski definition) is 7. The molecule has 8 nitrogen and oxygen atoms in total. The van der Waals surface area contributed by atoms with Crippen LogP contribution in [-0.4, -0.2) is 54.3 Å². The van der Waals surface area contributed by atoms with Crippen molar-refractivity contribution in [2.24, 2.45) is 0 Å². The summed E-state index contributed by atoms with van der Waals surface area (Å²) in [6.45, 7) is 3.61. The van der Waals surface area contributed by atoms with Gasteiger partial charge in [-0.05, 0) is 30.7 Å². The van der Waals surface area contributed by atoms with Gasteiger partial charge in [-0.15, -0.1) is 11.3 Å². The molecule has 1 aliphatic heterocycles. The van der Waals surface area contributed by atoms with Crippen molar-refractivity contribution in [2.45, 2.75) is 13.5 Å². The van der Waals surface area contributed by atoms with E-state index in [1.54, 1.807) is 42.2 Å². The van der Waals surface area contributed by atoms with E-state index >= 15 is 0 Å². The van der Waals surface area contributed by atoms with Crippen LogP contribution in [0.25, 0.3) is 12.2 Å². The maximum atomic E-state index is 13.0. The molecule has 0 spiro atoms. The van der Waals surface area contributed by atoms with Gasteiger partial charge in [0.15, 0.2) is 0 Å². The molecule has 0 radical (unpaired) electrons. The van der Waals surface area contributed by atoms with Crippen LogP contribution in [0.1, 0.15) is 18.1 Å². The lowest BCUT2D eigenvalue weighted by molar-refractivity contribution is -0.136. The molecule has 30 heavy (non-hydrogen) atoms. The van der Waals surface area contributed by atoms with Crippen molar-refractivity contribution in [2.75, 3.05) is 32.9 Å². The molecule has 1 fully saturated rings. The number of amides is 1. The molecule has 3 rings (SSSR count). The van der Waals surface area contributed by atoms with Crippen LogP contribution in [0.15, 0.2) is 29.1 Å². The standard InChI is InChI=1S/C21H21N3O5S/c1-2-29-20(26)12-19-24(14-18(25)23-7-9-28-10-8-23)21(27)17(30-19)11-15-3-5-16(13-22)6-4-15/h3-6,11-12H,2,7-10,14H2,1H3. The first-order valence-electron chi connectivity index (χ1n) is 9.47. The van der Waals surface area contributed by atoms with Gasteiger partial charge in [0.05, 0.1) is 42.1 Å². The van der Waals surface area contributed by atoms with Gasteiger partial charge in [0, 0.05) is 13.1 Å². The van der Waals surface area contributed by atoms with Crippen LogP contribution in [0.3, 0.4) is 0 Å². The molecule has 1 aliphatic rings. The second-order valence-corrected chi connectivity index (χ2v) is 7.53. The van der Waals surface area contributed by atoms with Crippen molar-refractivity contribution < 1.29 is 19.1 Å². The zero-order valence-corrected chi connectivity index (χ0v) is 17.3. The smallest absolute Gasteiger partial charge is 0.333 e. The minimum absolute atomic E-state index is 0.165. The minimum atomic E-state index is -0.573. The summed E-state index contributed by atoms with van der Waals surface area (Å²) < 4.78 is 12.2. The largest absolute Gasteiger partial charge is 0.463 e. The number of benzene rings is 1. The van der Waals surface area contributed by atoms with E-state index in [-0.39, 0.29) is 24.6 Å². The fourth-order valence-electron chi connectivity index (χ4n) is 2.93. The Morgan fingerprint density at radius 2 is 1.97 bits per heavy atom. The summed E-state index contributed by atoms with van der Waals surface area (Å²) in [5, 5.41) is 8.92. The maximum absolute atomic E-state index is 13.0. The average molecular weight is 427 g/mol. The van der Waals surface area contributed by atoms with Gasteiger partial charge < -0.3 is 14.4 Å². The van der Waals surface area contributed by atoms with Crippen molar-refractivity contribution >= 4 is 35.4 Å². The van der Waals surface area contributed by atoms with E-state index in [4.69, 9.17) is 14.7 Å². The van der Waals surface area contributed by atoms with Crippen molar-refractivity contribution in [1.29, 1.82) is 5.26 Å². The van der Waals surface area contributed by atoms with E-state index in [9.17, 15) is 14.4 Å². The van der Waals surface area contributed by atoms with Crippen molar-refractivity contribution in [3.05, 3.63) is 54.9 Å². The topological polar surface area (TPSA) is 102 Å². The highest BCUT2D eigenvalue weighted by molar-refractivity contribution is 7.07. The first-order chi connectivity index (χ1) is 14.5. The summed E-state index contributed by atoms with van der Waals surface area (Å²) in [5.74, 6) is -0.780. The molecule has 0 N–H and O–H groups in total. The van der Waals surface area contributed by atoms with Gasteiger partial charge in [0.1, 0.15) is 11.2 Å². The number of carbonyl (C=O) groups is 2. The molecule has 1 aromatic carbocycles. The molecule has 9 heteroatoms. The van der Waals surface area contributed by atoms with Crippen molar-refractivity contribution in [3.8, 4) is 6.07 Å². The van der Waals surface area contributed by atoms with Crippen molar-refractivity contribution in [1.82, 2.24) is 9.47 Å². The predicted octanol–water partition coefficient (Wildman–Crippen LogP) is -0.187. The average Bonchev–Trinajstić information content (AvgIpc) is 3.03. The summed E-state index contributed by atoms with van der Waals surface area (Å²) >= 11 is 1.11. The van der Waals surface area contributed by atoms with Crippen molar-refractivity contribution in [3.63, 3.8) is 0 Å². The third-order valence-corrected chi connectivity index (χ3v) is 5.52. The Morgan fingerprint density at radius 3 is 2.60 bits per heavy atom. The van der Waals surface area contributed by atoms with Gasteiger partial charge in [-0.3, -0.25) is 14.2 Å². The Kier molecular flexibility index (Phi) is 7.17. The van der Waals surface area contributed by atoms with Gasteiger partial charge in [-0.25, -0.2) is 4.79 Å². The monoisotopic (exact) mass is 427 g/mol. The number of nitriles is 1. The third kappa shape index (κ3) is 5.23. The Balaban J connectivity index is 2.01. The molecule has 0 bridgehead atoms. The van der Waals surface area contributed by atoms with Crippen LogP contribution < -0.4 is 14.8 Å². The van der Waals surface area contributed by atoms with E-state index in [0.29, 0.717) is 41.1 Å².